The van der Waals surface area contributed by atoms with Crippen molar-refractivity contribution in [1.82, 2.24) is 15.2 Å². The number of nitrogens with zero attached hydrogens (tertiary/aromatic N) is 5. The molecule has 4 heterocycles. The van der Waals surface area contributed by atoms with Gasteiger partial charge in [-0.3, -0.25) is 4.79 Å². The highest BCUT2D eigenvalue weighted by atomic mass is 32.1. The number of para-hydroxylation sites is 1. The molecule has 1 saturated heterocycles. The standard InChI is InChI=1S/C29H29N7O3S/c1-29(12-7-13-29)27-32-22(26(40-27)36-14-16-38-17-15-36)25-34-35-28(39-25)33-23-24(37)30-20-11-6-5-10-19(20)21(31-23)18-8-3-2-4-9-18/h2-6,8-11,23H,7,12-17H2,1H3,(H,30,37)(H,33,35). The minimum Gasteiger partial charge on any atom is -0.402 e. The van der Waals surface area contributed by atoms with Crippen LogP contribution in [0.25, 0.3) is 11.6 Å². The Bertz CT molecular complexity index is 1570. The average molecular weight is 556 g/mol. The van der Waals surface area contributed by atoms with Crippen LogP contribution in [-0.2, 0) is 14.9 Å². The number of nitrogens with one attached hydrogen (secondary N) is 2. The molecule has 7 rings (SSSR count). The second-order valence-corrected chi connectivity index (χ2v) is 11.5. The molecule has 40 heavy (non-hydrogen) atoms. The molecule has 1 saturated carbocycles. The van der Waals surface area contributed by atoms with Gasteiger partial charge in [-0.2, -0.15) is 0 Å². The molecule has 0 spiro atoms. The Labute approximate surface area is 235 Å². The second kappa shape index (κ2) is 10.1. The first kappa shape index (κ1) is 24.9. The van der Waals surface area contributed by atoms with Crippen molar-refractivity contribution in [2.75, 3.05) is 41.8 Å². The number of benzodiazepines with no additional fused rings is 1. The first-order chi connectivity index (χ1) is 19.6. The summed E-state index contributed by atoms with van der Waals surface area (Å²) >= 11 is 1.71. The molecule has 2 N–H and O–H groups in total. The lowest BCUT2D eigenvalue weighted by Crippen LogP contribution is -2.36. The first-order valence-electron chi connectivity index (χ1n) is 13.6. The fourth-order valence-corrected chi connectivity index (χ4v) is 6.60. The summed E-state index contributed by atoms with van der Waals surface area (Å²) in [5, 5.41) is 16.7. The van der Waals surface area contributed by atoms with Crippen LogP contribution >= 0.6 is 11.3 Å². The molecule has 10 nitrogen and oxygen atoms in total. The van der Waals surface area contributed by atoms with Crippen molar-refractivity contribution < 1.29 is 13.9 Å². The molecular weight excluding hydrogens is 526 g/mol. The average Bonchev–Trinajstić information content (AvgIpc) is 3.60. The summed E-state index contributed by atoms with van der Waals surface area (Å²) in [4.78, 5) is 25.4. The van der Waals surface area contributed by atoms with E-state index in [1.165, 1.54) is 6.42 Å². The number of thiazole rings is 1. The van der Waals surface area contributed by atoms with E-state index in [4.69, 9.17) is 19.1 Å². The van der Waals surface area contributed by atoms with Crippen molar-refractivity contribution in [1.29, 1.82) is 0 Å². The lowest BCUT2D eigenvalue weighted by Gasteiger charge is -2.36. The smallest absolute Gasteiger partial charge is 0.317 e. The highest BCUT2D eigenvalue weighted by molar-refractivity contribution is 7.16. The van der Waals surface area contributed by atoms with Crippen molar-refractivity contribution in [3.8, 4) is 11.6 Å². The fourth-order valence-electron chi connectivity index (χ4n) is 5.29. The molecule has 0 bridgehead atoms. The Morgan fingerprint density at radius 3 is 2.60 bits per heavy atom. The quantitative estimate of drug-likeness (QED) is 0.352. The molecule has 1 aliphatic carbocycles. The monoisotopic (exact) mass is 555 g/mol. The van der Waals surface area contributed by atoms with Crippen LogP contribution in [0.5, 0.6) is 0 Å². The molecular formula is C29H29N7O3S. The minimum absolute atomic E-state index is 0.0844. The van der Waals surface area contributed by atoms with Gasteiger partial charge in [0.15, 0.2) is 5.69 Å². The zero-order valence-electron chi connectivity index (χ0n) is 22.1. The zero-order valence-corrected chi connectivity index (χ0v) is 22.9. The Morgan fingerprint density at radius 2 is 1.82 bits per heavy atom. The van der Waals surface area contributed by atoms with Crippen LogP contribution < -0.4 is 15.5 Å². The Kier molecular flexibility index (Phi) is 6.32. The van der Waals surface area contributed by atoms with E-state index in [9.17, 15) is 4.79 Å². The molecule has 204 valence electrons. The Balaban J connectivity index is 1.21. The molecule has 4 aromatic rings. The number of carbonyl (C=O) groups is 1. The molecule has 2 aliphatic heterocycles. The predicted octanol–water partition coefficient (Wildman–Crippen LogP) is 4.70. The van der Waals surface area contributed by atoms with Crippen molar-refractivity contribution in [2.45, 2.75) is 37.8 Å². The molecule has 1 atom stereocenters. The number of aromatic nitrogens is 3. The second-order valence-electron chi connectivity index (χ2n) is 10.5. The SMILES string of the molecule is CC1(c2nc(-c3nnc(NC4N=C(c5ccccc5)c5ccccc5NC4=O)o3)c(N3CCOCC3)s2)CCC1. The number of carbonyl (C=O) groups excluding carboxylic acids is 1. The van der Waals surface area contributed by atoms with Crippen LogP contribution in [0.15, 0.2) is 64.0 Å². The van der Waals surface area contributed by atoms with Crippen LogP contribution in [0.4, 0.5) is 16.7 Å². The summed E-state index contributed by atoms with van der Waals surface area (Å²) in [7, 11) is 0. The van der Waals surface area contributed by atoms with Gasteiger partial charge in [0.1, 0.15) is 10.0 Å². The third kappa shape index (κ3) is 4.54. The molecule has 2 fully saturated rings. The van der Waals surface area contributed by atoms with E-state index in [1.54, 1.807) is 11.3 Å². The van der Waals surface area contributed by atoms with Gasteiger partial charge in [0.05, 0.1) is 24.6 Å². The van der Waals surface area contributed by atoms with Gasteiger partial charge in [0.25, 0.3) is 11.8 Å². The minimum atomic E-state index is -0.977. The number of fused-ring (bicyclic) bond motifs is 1. The van der Waals surface area contributed by atoms with Gasteiger partial charge in [-0.1, -0.05) is 67.0 Å². The van der Waals surface area contributed by atoms with Gasteiger partial charge in [0.2, 0.25) is 6.17 Å². The normalized spacial score (nSPS) is 20.1. The lowest BCUT2D eigenvalue weighted by molar-refractivity contribution is -0.116. The highest BCUT2D eigenvalue weighted by Crippen LogP contribution is 2.48. The van der Waals surface area contributed by atoms with Gasteiger partial charge in [0, 0.05) is 29.6 Å². The van der Waals surface area contributed by atoms with E-state index in [0.717, 1.165) is 47.1 Å². The summed E-state index contributed by atoms with van der Waals surface area (Å²) in [6.07, 6.45) is 2.49. The van der Waals surface area contributed by atoms with Crippen molar-refractivity contribution in [3.63, 3.8) is 0 Å². The van der Waals surface area contributed by atoms with Crippen LogP contribution in [0.1, 0.15) is 42.3 Å². The van der Waals surface area contributed by atoms with Crippen LogP contribution in [0.2, 0.25) is 0 Å². The number of hydrogen-bond acceptors (Lipinski definition) is 10. The summed E-state index contributed by atoms with van der Waals surface area (Å²) in [6, 6.07) is 17.5. The number of ether oxygens (including phenoxy) is 1. The van der Waals surface area contributed by atoms with E-state index in [2.05, 4.69) is 32.7 Å². The first-order valence-corrected chi connectivity index (χ1v) is 14.4. The summed E-state index contributed by atoms with van der Waals surface area (Å²) in [5.41, 5.74) is 3.90. The van der Waals surface area contributed by atoms with Crippen molar-refractivity contribution >= 4 is 39.7 Å². The lowest BCUT2D eigenvalue weighted by atomic mass is 9.71. The number of amides is 1. The third-order valence-corrected chi connectivity index (χ3v) is 9.18. The zero-order chi connectivity index (χ0) is 27.1. The largest absolute Gasteiger partial charge is 0.402 e. The topological polar surface area (TPSA) is 118 Å². The van der Waals surface area contributed by atoms with Crippen molar-refractivity contribution in [2.24, 2.45) is 4.99 Å². The van der Waals surface area contributed by atoms with Gasteiger partial charge in [-0.25, -0.2) is 9.98 Å². The summed E-state index contributed by atoms with van der Waals surface area (Å²) in [6.45, 7) is 5.17. The fraction of sp³-hybridized carbons (Fsp3) is 0.345. The maximum absolute atomic E-state index is 13.2. The van der Waals surface area contributed by atoms with Crippen LogP contribution in [0, 0.1) is 0 Å². The molecule has 0 radical (unpaired) electrons. The van der Waals surface area contributed by atoms with Crippen LogP contribution in [-0.4, -0.2) is 59.3 Å². The van der Waals surface area contributed by atoms with E-state index in [1.807, 2.05) is 54.6 Å². The van der Waals surface area contributed by atoms with E-state index < -0.39 is 6.17 Å². The van der Waals surface area contributed by atoms with Gasteiger partial charge in [-0.15, -0.1) is 16.4 Å². The van der Waals surface area contributed by atoms with Gasteiger partial charge >= 0.3 is 6.01 Å². The number of aliphatic imine (C=N–C) groups is 1. The van der Waals surface area contributed by atoms with E-state index in [0.29, 0.717) is 36.2 Å². The molecule has 2 aromatic heterocycles. The predicted molar refractivity (Wildman–Crippen MR) is 154 cm³/mol. The molecule has 1 amide bonds. The van der Waals surface area contributed by atoms with E-state index in [-0.39, 0.29) is 17.3 Å². The van der Waals surface area contributed by atoms with Crippen LogP contribution in [0.3, 0.4) is 0 Å². The summed E-state index contributed by atoms with van der Waals surface area (Å²) < 4.78 is 11.7. The Morgan fingerprint density at radius 1 is 1.05 bits per heavy atom. The van der Waals surface area contributed by atoms with Gasteiger partial charge in [-0.05, 0) is 18.9 Å². The molecule has 2 aromatic carbocycles. The number of hydrogen-bond donors (Lipinski definition) is 2. The Hall–Kier alpha value is -4.09. The number of rotatable bonds is 6. The maximum atomic E-state index is 13.2. The highest BCUT2D eigenvalue weighted by Gasteiger charge is 2.39. The van der Waals surface area contributed by atoms with E-state index >= 15 is 0 Å². The summed E-state index contributed by atoms with van der Waals surface area (Å²) in [5.74, 6) is -0.0000152. The molecule has 1 unspecified atom stereocenters. The maximum Gasteiger partial charge on any atom is 0.317 e. The number of morpholine rings is 1. The number of anilines is 3. The number of benzene rings is 2. The molecule has 3 aliphatic rings. The third-order valence-electron chi connectivity index (χ3n) is 7.76. The van der Waals surface area contributed by atoms with Crippen molar-refractivity contribution in [3.05, 3.63) is 70.7 Å². The molecule has 11 heteroatoms. The van der Waals surface area contributed by atoms with Gasteiger partial charge < -0.3 is 24.7 Å².